The van der Waals surface area contributed by atoms with Crippen molar-refractivity contribution in [3.05, 3.63) is 53.1 Å². The number of nitrogens with zero attached hydrogens (tertiary/aromatic N) is 1. The van der Waals surface area contributed by atoms with Gasteiger partial charge in [-0.3, -0.25) is 9.79 Å². The number of aliphatic imine (C=N–C) groups is 1. The summed E-state index contributed by atoms with van der Waals surface area (Å²) in [6.45, 7) is 2.13. The molecule has 0 heterocycles. The van der Waals surface area contributed by atoms with E-state index in [0.717, 1.165) is 11.3 Å². The third kappa shape index (κ3) is 5.69. The lowest BCUT2D eigenvalue weighted by Crippen LogP contribution is -2.23. The summed E-state index contributed by atoms with van der Waals surface area (Å²) in [5.74, 6) is 0.803. The Morgan fingerprint density at radius 3 is 2.76 bits per heavy atom. The third-order valence-corrected chi connectivity index (χ3v) is 3.91. The van der Waals surface area contributed by atoms with Crippen molar-refractivity contribution >= 4 is 34.8 Å². The molecule has 0 fully saturated rings. The molecular weight excluding hydrogens is 340 g/mol. The van der Waals surface area contributed by atoms with Crippen LogP contribution in [0.4, 0.5) is 11.4 Å². The molecule has 0 aliphatic carbocycles. The molecule has 4 N–H and O–H groups in total. The highest BCUT2D eigenvalue weighted by Gasteiger charge is 2.06. The van der Waals surface area contributed by atoms with Crippen molar-refractivity contribution in [1.29, 1.82) is 0 Å². The summed E-state index contributed by atoms with van der Waals surface area (Å²) in [6.07, 6.45) is 0.215. The maximum atomic E-state index is 12.0. The second-order valence-electron chi connectivity index (χ2n) is 5.33. The molecule has 0 bridgehead atoms. The van der Waals surface area contributed by atoms with Gasteiger partial charge in [0.2, 0.25) is 5.91 Å². The minimum absolute atomic E-state index is 0.150. The van der Waals surface area contributed by atoms with Gasteiger partial charge < -0.3 is 21.1 Å². The molecule has 0 aromatic heterocycles. The number of rotatable bonds is 6. The van der Waals surface area contributed by atoms with E-state index < -0.39 is 0 Å². The zero-order chi connectivity index (χ0) is 18.2. The van der Waals surface area contributed by atoms with E-state index in [4.69, 9.17) is 22.1 Å². The van der Waals surface area contributed by atoms with Crippen molar-refractivity contribution in [3.63, 3.8) is 0 Å². The van der Waals surface area contributed by atoms with E-state index in [0.29, 0.717) is 16.5 Å². The molecule has 0 atom stereocenters. The Morgan fingerprint density at radius 1 is 1.24 bits per heavy atom. The van der Waals surface area contributed by atoms with Crippen LogP contribution in [0.5, 0.6) is 5.75 Å². The number of nitrogens with two attached hydrogens (primary N) is 1. The topological polar surface area (TPSA) is 88.7 Å². The van der Waals surface area contributed by atoms with E-state index >= 15 is 0 Å². The standard InChI is InChI=1S/C18H21ClN4O2/c1-12-15(19)7-4-8-16(12)23-17(24)9-10-21-18(20)22-13-5-3-6-14(11-13)25-2/h3-8,11H,9-10H2,1-2H3,(H,23,24)(H3,20,21,22). The summed E-state index contributed by atoms with van der Waals surface area (Å²) in [6, 6.07) is 12.7. The summed E-state index contributed by atoms with van der Waals surface area (Å²) >= 11 is 6.03. The molecular formula is C18H21ClN4O2. The number of guanidine groups is 1. The van der Waals surface area contributed by atoms with Crippen LogP contribution in [0, 0.1) is 6.92 Å². The molecule has 2 rings (SSSR count). The molecule has 1 amide bonds. The predicted molar refractivity (Wildman–Crippen MR) is 103 cm³/mol. The molecule has 0 aliphatic rings. The van der Waals surface area contributed by atoms with Gasteiger partial charge in [-0.2, -0.15) is 0 Å². The number of hydrogen-bond donors (Lipinski definition) is 3. The average Bonchev–Trinajstić information content (AvgIpc) is 2.59. The number of anilines is 2. The van der Waals surface area contributed by atoms with E-state index in [2.05, 4.69) is 15.6 Å². The molecule has 2 aromatic rings. The van der Waals surface area contributed by atoms with Crippen LogP contribution in [0.1, 0.15) is 12.0 Å². The molecule has 25 heavy (non-hydrogen) atoms. The fraction of sp³-hybridized carbons (Fsp3) is 0.222. The van der Waals surface area contributed by atoms with Gasteiger partial charge in [0.05, 0.1) is 13.7 Å². The van der Waals surface area contributed by atoms with E-state index in [-0.39, 0.29) is 24.8 Å². The number of carbonyl (C=O) groups excluding carboxylic acids is 1. The average molecular weight is 361 g/mol. The molecule has 0 aliphatic heterocycles. The molecule has 0 radical (unpaired) electrons. The number of methoxy groups -OCH3 is 1. The lowest BCUT2D eigenvalue weighted by atomic mass is 10.2. The maximum absolute atomic E-state index is 12.0. The largest absolute Gasteiger partial charge is 0.497 e. The summed E-state index contributed by atoms with van der Waals surface area (Å²) in [4.78, 5) is 16.2. The van der Waals surface area contributed by atoms with Crippen molar-refractivity contribution in [2.24, 2.45) is 10.7 Å². The van der Waals surface area contributed by atoms with Crippen LogP contribution in [0.3, 0.4) is 0 Å². The minimum Gasteiger partial charge on any atom is -0.497 e. The van der Waals surface area contributed by atoms with Crippen molar-refractivity contribution in [2.75, 3.05) is 24.3 Å². The van der Waals surface area contributed by atoms with Crippen LogP contribution in [-0.4, -0.2) is 25.5 Å². The second-order valence-corrected chi connectivity index (χ2v) is 5.74. The monoisotopic (exact) mass is 360 g/mol. The van der Waals surface area contributed by atoms with Crippen LogP contribution in [0.15, 0.2) is 47.5 Å². The Bertz CT molecular complexity index is 777. The van der Waals surface area contributed by atoms with Crippen molar-refractivity contribution in [3.8, 4) is 5.75 Å². The third-order valence-electron chi connectivity index (χ3n) is 3.50. The van der Waals surface area contributed by atoms with Crippen molar-refractivity contribution < 1.29 is 9.53 Å². The number of amides is 1. The first-order valence-corrected chi connectivity index (χ1v) is 8.13. The fourth-order valence-corrected chi connectivity index (χ4v) is 2.30. The minimum atomic E-state index is -0.150. The number of benzene rings is 2. The first-order chi connectivity index (χ1) is 12.0. The van der Waals surface area contributed by atoms with E-state index in [1.54, 1.807) is 31.4 Å². The van der Waals surface area contributed by atoms with Gasteiger partial charge in [0.1, 0.15) is 5.75 Å². The van der Waals surface area contributed by atoms with Crippen molar-refractivity contribution in [1.82, 2.24) is 0 Å². The lowest BCUT2D eigenvalue weighted by Gasteiger charge is -2.09. The molecule has 2 aromatic carbocycles. The van der Waals surface area contributed by atoms with Crippen LogP contribution in [-0.2, 0) is 4.79 Å². The Balaban J connectivity index is 1.84. The highest BCUT2D eigenvalue weighted by atomic mass is 35.5. The van der Waals surface area contributed by atoms with Crippen LogP contribution in [0.2, 0.25) is 5.02 Å². The zero-order valence-corrected chi connectivity index (χ0v) is 14.9. The first-order valence-electron chi connectivity index (χ1n) is 7.75. The number of ether oxygens (including phenoxy) is 1. The summed E-state index contributed by atoms with van der Waals surface area (Å²) in [5.41, 5.74) is 8.12. The first kappa shape index (κ1) is 18.6. The lowest BCUT2D eigenvalue weighted by molar-refractivity contribution is -0.116. The fourth-order valence-electron chi connectivity index (χ4n) is 2.12. The highest BCUT2D eigenvalue weighted by Crippen LogP contribution is 2.23. The van der Waals surface area contributed by atoms with Gasteiger partial charge in [0.25, 0.3) is 0 Å². The van der Waals surface area contributed by atoms with Crippen LogP contribution < -0.4 is 21.1 Å². The number of halogens is 1. The Kier molecular flexibility index (Phi) is 6.65. The molecule has 0 spiro atoms. The van der Waals surface area contributed by atoms with Gasteiger partial charge >= 0.3 is 0 Å². The van der Waals surface area contributed by atoms with Gasteiger partial charge in [-0.05, 0) is 36.8 Å². The van der Waals surface area contributed by atoms with Gasteiger partial charge in [0, 0.05) is 28.9 Å². The van der Waals surface area contributed by atoms with Gasteiger partial charge in [-0.1, -0.05) is 23.7 Å². The van der Waals surface area contributed by atoms with Crippen molar-refractivity contribution in [2.45, 2.75) is 13.3 Å². The van der Waals surface area contributed by atoms with E-state index in [9.17, 15) is 4.79 Å². The summed E-state index contributed by atoms with van der Waals surface area (Å²) in [7, 11) is 1.59. The smallest absolute Gasteiger partial charge is 0.226 e. The van der Waals surface area contributed by atoms with Gasteiger partial charge in [0.15, 0.2) is 5.96 Å². The van der Waals surface area contributed by atoms with Crippen LogP contribution in [0.25, 0.3) is 0 Å². The normalized spacial score (nSPS) is 11.1. The quantitative estimate of drug-likeness (QED) is 0.544. The van der Waals surface area contributed by atoms with Crippen LogP contribution >= 0.6 is 11.6 Å². The Labute approximate surface area is 152 Å². The maximum Gasteiger partial charge on any atom is 0.226 e. The zero-order valence-electron chi connectivity index (χ0n) is 14.2. The molecule has 0 saturated heterocycles. The number of nitrogens with one attached hydrogen (secondary N) is 2. The van der Waals surface area contributed by atoms with Gasteiger partial charge in [-0.25, -0.2) is 0 Å². The second kappa shape index (κ2) is 8.94. The molecule has 0 unspecified atom stereocenters. The molecule has 6 nitrogen and oxygen atoms in total. The molecule has 132 valence electrons. The molecule has 7 heteroatoms. The highest BCUT2D eigenvalue weighted by molar-refractivity contribution is 6.31. The predicted octanol–water partition coefficient (Wildman–Crippen LogP) is 3.41. The number of carbonyl (C=O) groups is 1. The number of hydrogen-bond acceptors (Lipinski definition) is 3. The van der Waals surface area contributed by atoms with E-state index in [1.165, 1.54) is 0 Å². The van der Waals surface area contributed by atoms with E-state index in [1.807, 2.05) is 25.1 Å². The summed E-state index contributed by atoms with van der Waals surface area (Å²) < 4.78 is 5.14. The molecule has 0 saturated carbocycles. The summed E-state index contributed by atoms with van der Waals surface area (Å²) in [5, 5.41) is 6.39. The Hall–Kier alpha value is -2.73. The SMILES string of the molecule is COc1cccc(NC(N)=NCCC(=O)Nc2cccc(Cl)c2C)c1. The Morgan fingerprint density at radius 2 is 2.00 bits per heavy atom. The van der Waals surface area contributed by atoms with Gasteiger partial charge in [-0.15, -0.1) is 0 Å².